The van der Waals surface area contributed by atoms with E-state index in [9.17, 15) is 24.3 Å². The molecule has 2 heterocycles. The Labute approximate surface area is 237 Å². The number of phenols is 1. The van der Waals surface area contributed by atoms with E-state index in [4.69, 9.17) is 11.5 Å². The summed E-state index contributed by atoms with van der Waals surface area (Å²) in [6.07, 6.45) is 6.76. The lowest BCUT2D eigenvalue weighted by Crippen LogP contribution is -2.59. The first-order valence-electron chi connectivity index (χ1n) is 13.3. The van der Waals surface area contributed by atoms with Crippen LogP contribution in [0.3, 0.4) is 0 Å². The molecular formula is C27H37N9O5. The zero-order valence-corrected chi connectivity index (χ0v) is 23.0. The molecule has 0 fully saturated rings. The van der Waals surface area contributed by atoms with Crippen LogP contribution in [0.5, 0.6) is 5.75 Å². The van der Waals surface area contributed by atoms with E-state index in [0.29, 0.717) is 17.8 Å². The van der Waals surface area contributed by atoms with Crippen LogP contribution in [0.2, 0.25) is 0 Å². The third-order valence-corrected chi connectivity index (χ3v) is 6.77. The Balaban J connectivity index is 1.73. The highest BCUT2D eigenvalue weighted by Crippen LogP contribution is 2.13. The molecule has 5 atom stereocenters. The molecule has 14 heteroatoms. The fourth-order valence-electron chi connectivity index (χ4n) is 4.14. The molecule has 41 heavy (non-hydrogen) atoms. The number of nitrogens with one attached hydrogen (secondary N) is 5. The first-order valence-corrected chi connectivity index (χ1v) is 13.3. The summed E-state index contributed by atoms with van der Waals surface area (Å²) in [4.78, 5) is 65.5. The number of carbonyl (C=O) groups excluding carboxylic acids is 4. The van der Waals surface area contributed by atoms with Crippen molar-refractivity contribution in [3.05, 3.63) is 66.3 Å². The van der Waals surface area contributed by atoms with Gasteiger partial charge in [0.25, 0.3) is 0 Å². The number of phenolic OH excluding ortho intramolecular Hbond substituents is 1. The smallest absolute Gasteiger partial charge is 0.243 e. The number of hydrogen-bond donors (Lipinski definition) is 8. The fourth-order valence-corrected chi connectivity index (χ4v) is 4.14. The van der Waals surface area contributed by atoms with Crippen LogP contribution in [0.4, 0.5) is 0 Å². The summed E-state index contributed by atoms with van der Waals surface area (Å²) < 4.78 is 0. The molecule has 0 aliphatic rings. The molecule has 3 aromatic rings. The van der Waals surface area contributed by atoms with E-state index in [1.54, 1.807) is 19.1 Å². The number of imidazole rings is 2. The molecule has 0 aliphatic carbocycles. The number of H-pyrrole nitrogens is 2. The number of aromatic nitrogens is 4. The Morgan fingerprint density at radius 3 is 1.93 bits per heavy atom. The van der Waals surface area contributed by atoms with Crippen LogP contribution >= 0.6 is 0 Å². The normalized spacial score (nSPS) is 14.7. The molecule has 14 nitrogen and oxygen atoms in total. The van der Waals surface area contributed by atoms with Gasteiger partial charge >= 0.3 is 0 Å². The largest absolute Gasteiger partial charge is 0.508 e. The van der Waals surface area contributed by atoms with Crippen molar-refractivity contribution >= 4 is 23.6 Å². The second-order valence-electron chi connectivity index (χ2n) is 9.94. The lowest BCUT2D eigenvalue weighted by molar-refractivity contribution is -0.134. The molecule has 220 valence electrons. The van der Waals surface area contributed by atoms with Crippen molar-refractivity contribution in [2.24, 2.45) is 17.4 Å². The van der Waals surface area contributed by atoms with Gasteiger partial charge in [-0.05, 0) is 30.0 Å². The minimum absolute atomic E-state index is 0.0364. The molecule has 0 unspecified atom stereocenters. The molecule has 3 rings (SSSR count). The maximum atomic E-state index is 13.5. The van der Waals surface area contributed by atoms with Gasteiger partial charge in [0.1, 0.15) is 23.9 Å². The minimum atomic E-state index is -1.12. The summed E-state index contributed by atoms with van der Waals surface area (Å²) in [5.41, 5.74) is 13.5. The van der Waals surface area contributed by atoms with Crippen molar-refractivity contribution in [1.29, 1.82) is 0 Å². The lowest BCUT2D eigenvalue weighted by atomic mass is 9.96. The monoisotopic (exact) mass is 567 g/mol. The van der Waals surface area contributed by atoms with Gasteiger partial charge in [-0.1, -0.05) is 32.4 Å². The van der Waals surface area contributed by atoms with Gasteiger partial charge in [-0.2, -0.15) is 0 Å². The standard InChI is InChI=1S/C27H37N9O5/c1-3-15(2)23(36-25(39)20(28)8-16-4-6-19(37)7-5-16)27(41)35-22(10-18-12-31-14-33-18)26(40)34-21(24(29)38)9-17-11-30-13-32-17/h4-7,11-15,20-23,37H,3,8-10,28H2,1-2H3,(H2,29,38)(H,30,32)(H,31,33)(H,34,40)(H,35,41)(H,36,39)/t15-,20+,21+,22+,23+/m1/s1. The summed E-state index contributed by atoms with van der Waals surface area (Å²) in [5.74, 6) is -2.73. The van der Waals surface area contributed by atoms with Crippen LogP contribution in [0.25, 0.3) is 0 Å². The predicted octanol–water partition coefficient (Wildman–Crippen LogP) is -0.821. The van der Waals surface area contributed by atoms with Gasteiger partial charge < -0.3 is 42.5 Å². The predicted molar refractivity (Wildman–Crippen MR) is 149 cm³/mol. The maximum Gasteiger partial charge on any atom is 0.243 e. The molecule has 2 aromatic heterocycles. The van der Waals surface area contributed by atoms with Crippen molar-refractivity contribution < 1.29 is 24.3 Å². The van der Waals surface area contributed by atoms with E-state index >= 15 is 0 Å². The highest BCUT2D eigenvalue weighted by atomic mass is 16.3. The van der Waals surface area contributed by atoms with E-state index in [1.165, 1.54) is 37.2 Å². The van der Waals surface area contributed by atoms with Gasteiger partial charge in [0.2, 0.25) is 23.6 Å². The van der Waals surface area contributed by atoms with Crippen LogP contribution in [-0.4, -0.2) is 72.8 Å². The quantitative estimate of drug-likeness (QED) is 0.115. The van der Waals surface area contributed by atoms with Crippen LogP contribution in [0.1, 0.15) is 37.2 Å². The first kappa shape index (κ1) is 30.8. The Kier molecular flexibility index (Phi) is 11.0. The van der Waals surface area contributed by atoms with Crippen molar-refractivity contribution in [2.75, 3.05) is 0 Å². The van der Waals surface area contributed by atoms with Crippen molar-refractivity contribution in [1.82, 2.24) is 35.9 Å². The van der Waals surface area contributed by atoms with E-state index < -0.39 is 47.8 Å². The number of aromatic hydroxyl groups is 1. The van der Waals surface area contributed by atoms with Crippen molar-refractivity contribution in [2.45, 2.75) is 63.7 Å². The number of amides is 4. The molecule has 0 bridgehead atoms. The topological polar surface area (TPSA) is 234 Å². The molecule has 0 aliphatic heterocycles. The molecular weight excluding hydrogens is 530 g/mol. The molecule has 0 spiro atoms. The highest BCUT2D eigenvalue weighted by molar-refractivity contribution is 5.95. The summed E-state index contributed by atoms with van der Waals surface area (Å²) in [6, 6.07) is 2.18. The molecule has 0 saturated carbocycles. The average molecular weight is 568 g/mol. The van der Waals surface area contributed by atoms with Gasteiger partial charge in [0.05, 0.1) is 18.7 Å². The van der Waals surface area contributed by atoms with E-state index in [0.717, 1.165) is 5.56 Å². The van der Waals surface area contributed by atoms with Crippen LogP contribution in [0, 0.1) is 5.92 Å². The molecule has 10 N–H and O–H groups in total. The Morgan fingerprint density at radius 1 is 0.854 bits per heavy atom. The third kappa shape index (κ3) is 9.17. The zero-order chi connectivity index (χ0) is 29.9. The Bertz CT molecular complexity index is 1280. The number of rotatable bonds is 15. The van der Waals surface area contributed by atoms with Crippen LogP contribution in [0.15, 0.2) is 49.3 Å². The Hall–Kier alpha value is -4.72. The third-order valence-electron chi connectivity index (χ3n) is 6.77. The first-order chi connectivity index (χ1) is 19.6. The number of nitrogens with zero attached hydrogens (tertiary/aromatic N) is 2. The zero-order valence-electron chi connectivity index (χ0n) is 23.0. The van der Waals surface area contributed by atoms with E-state index in [-0.39, 0.29) is 30.9 Å². The summed E-state index contributed by atoms with van der Waals surface area (Å²) in [7, 11) is 0. The molecule has 1 aromatic carbocycles. The summed E-state index contributed by atoms with van der Waals surface area (Å²) in [6.45, 7) is 3.67. The highest BCUT2D eigenvalue weighted by Gasteiger charge is 2.32. The average Bonchev–Trinajstić information content (AvgIpc) is 3.66. The fraction of sp³-hybridized carbons (Fsp3) is 0.407. The molecule has 0 saturated heterocycles. The Morgan fingerprint density at radius 2 is 1.41 bits per heavy atom. The summed E-state index contributed by atoms with van der Waals surface area (Å²) >= 11 is 0. The van der Waals surface area contributed by atoms with Crippen LogP contribution in [-0.2, 0) is 38.4 Å². The maximum absolute atomic E-state index is 13.5. The number of primary amides is 1. The van der Waals surface area contributed by atoms with Crippen LogP contribution < -0.4 is 27.4 Å². The second-order valence-corrected chi connectivity index (χ2v) is 9.94. The number of hydrogen-bond acceptors (Lipinski definition) is 8. The van der Waals surface area contributed by atoms with Gasteiger partial charge in [-0.25, -0.2) is 9.97 Å². The summed E-state index contributed by atoms with van der Waals surface area (Å²) in [5, 5.41) is 17.5. The lowest BCUT2D eigenvalue weighted by Gasteiger charge is -2.28. The number of nitrogens with two attached hydrogens (primary N) is 2. The van der Waals surface area contributed by atoms with E-state index in [1.807, 2.05) is 6.92 Å². The van der Waals surface area contributed by atoms with Gasteiger partial charge in [-0.15, -0.1) is 0 Å². The van der Waals surface area contributed by atoms with Gasteiger partial charge in [0, 0.05) is 36.6 Å². The SMILES string of the molecule is CC[C@@H](C)[C@H](NC(=O)[C@@H](N)Cc1ccc(O)cc1)C(=O)N[C@@H](Cc1cnc[nH]1)C(=O)N[C@@H](Cc1cnc[nH]1)C(N)=O. The van der Waals surface area contributed by atoms with Crippen molar-refractivity contribution in [3.63, 3.8) is 0 Å². The number of carbonyl (C=O) groups is 4. The number of aromatic amines is 2. The molecule has 4 amide bonds. The second kappa shape index (κ2) is 14.6. The van der Waals surface area contributed by atoms with Crippen molar-refractivity contribution in [3.8, 4) is 5.75 Å². The minimum Gasteiger partial charge on any atom is -0.508 e. The van der Waals surface area contributed by atoms with E-state index in [2.05, 4.69) is 35.9 Å². The van der Waals surface area contributed by atoms with Gasteiger partial charge in [-0.3, -0.25) is 19.2 Å². The van der Waals surface area contributed by atoms with Gasteiger partial charge in [0.15, 0.2) is 0 Å². The molecule has 0 radical (unpaired) electrons. The number of benzene rings is 1.